The van der Waals surface area contributed by atoms with Gasteiger partial charge in [-0.1, -0.05) is 6.92 Å². The van der Waals surface area contributed by atoms with Gasteiger partial charge in [0.25, 0.3) is 5.91 Å². The summed E-state index contributed by atoms with van der Waals surface area (Å²) in [5.41, 5.74) is 3.23. The van der Waals surface area contributed by atoms with Crippen LogP contribution in [0.2, 0.25) is 0 Å². The minimum atomic E-state index is -0.148. The highest BCUT2D eigenvalue weighted by atomic mass is 32.1. The minimum absolute atomic E-state index is 0.0206. The van der Waals surface area contributed by atoms with Crippen LogP contribution in [0.15, 0.2) is 29.0 Å². The van der Waals surface area contributed by atoms with Crippen molar-refractivity contribution in [3.8, 4) is 11.3 Å². The van der Waals surface area contributed by atoms with Gasteiger partial charge in [-0.25, -0.2) is 0 Å². The maximum absolute atomic E-state index is 12.3. The van der Waals surface area contributed by atoms with Gasteiger partial charge in [-0.2, -0.15) is 11.3 Å². The Bertz CT molecular complexity index is 611. The van der Waals surface area contributed by atoms with Crippen molar-refractivity contribution in [2.45, 2.75) is 26.8 Å². The van der Waals surface area contributed by atoms with Crippen molar-refractivity contribution in [1.82, 2.24) is 10.3 Å². The van der Waals surface area contributed by atoms with Crippen LogP contribution in [0.4, 0.5) is 0 Å². The number of nitrogens with one attached hydrogen (secondary N) is 1. The first kappa shape index (κ1) is 15.7. The molecule has 2 aromatic heterocycles. The molecule has 0 radical (unpaired) electrons. The van der Waals surface area contributed by atoms with E-state index in [4.69, 9.17) is 5.11 Å². The third-order valence-corrected chi connectivity index (χ3v) is 4.33. The second-order valence-corrected chi connectivity index (χ2v) is 6.04. The molecule has 1 amide bonds. The van der Waals surface area contributed by atoms with E-state index in [2.05, 4.69) is 10.3 Å². The van der Waals surface area contributed by atoms with Crippen LogP contribution in [0.5, 0.6) is 0 Å². The predicted octanol–water partition coefficient (Wildman–Crippen LogP) is 2.87. The number of carbonyl (C=O) groups excluding carboxylic acids is 1. The number of rotatable bonds is 5. The van der Waals surface area contributed by atoms with Gasteiger partial charge in [-0.15, -0.1) is 0 Å². The Morgan fingerprint density at radius 2 is 2.14 bits per heavy atom. The Labute approximate surface area is 128 Å². The third-order valence-electron chi connectivity index (χ3n) is 3.65. The average molecular weight is 304 g/mol. The van der Waals surface area contributed by atoms with Crippen molar-refractivity contribution in [1.29, 1.82) is 0 Å². The third kappa shape index (κ3) is 3.68. The average Bonchev–Trinajstić information content (AvgIpc) is 3.00. The molecule has 0 aromatic carbocycles. The quantitative estimate of drug-likeness (QED) is 0.893. The Hall–Kier alpha value is -1.72. The number of nitrogens with zero attached hydrogens (tertiary/aromatic N) is 1. The predicted molar refractivity (Wildman–Crippen MR) is 85.5 cm³/mol. The van der Waals surface area contributed by atoms with E-state index in [1.165, 1.54) is 0 Å². The smallest absolute Gasteiger partial charge is 0.253 e. The summed E-state index contributed by atoms with van der Waals surface area (Å²) in [5.74, 6) is -0.128. The van der Waals surface area contributed by atoms with Crippen molar-refractivity contribution >= 4 is 17.2 Å². The Morgan fingerprint density at radius 3 is 2.71 bits per heavy atom. The number of thiophene rings is 1. The highest BCUT2D eigenvalue weighted by Crippen LogP contribution is 2.21. The molecule has 2 atom stereocenters. The first-order valence-corrected chi connectivity index (χ1v) is 7.89. The molecule has 0 saturated carbocycles. The molecule has 0 aliphatic heterocycles. The normalized spacial score (nSPS) is 13.7. The monoisotopic (exact) mass is 304 g/mol. The van der Waals surface area contributed by atoms with Gasteiger partial charge in [-0.05, 0) is 43.3 Å². The molecule has 2 heterocycles. The van der Waals surface area contributed by atoms with Gasteiger partial charge in [0.05, 0.1) is 17.0 Å². The minimum Gasteiger partial charge on any atom is -0.396 e. The van der Waals surface area contributed by atoms with E-state index in [-0.39, 0.29) is 24.5 Å². The Kier molecular flexibility index (Phi) is 5.09. The first-order valence-electron chi connectivity index (χ1n) is 6.95. The largest absolute Gasteiger partial charge is 0.396 e. The molecule has 0 spiro atoms. The number of aromatic nitrogens is 1. The summed E-state index contributed by atoms with van der Waals surface area (Å²) in [6, 6.07) is 5.60. The standard InChI is InChI=1S/C16H20N2O2S/c1-10(8-19)11(2)18-16(20)14-4-5-15(17-12(14)3)13-6-7-21-9-13/h4-7,9-11,19H,8H2,1-3H3,(H,18,20). The first-order chi connectivity index (χ1) is 10.0. The Balaban J connectivity index is 2.15. The zero-order valence-corrected chi connectivity index (χ0v) is 13.3. The summed E-state index contributed by atoms with van der Waals surface area (Å²) >= 11 is 1.62. The zero-order valence-electron chi connectivity index (χ0n) is 12.5. The van der Waals surface area contributed by atoms with Crippen molar-refractivity contribution in [3.05, 3.63) is 40.2 Å². The van der Waals surface area contributed by atoms with E-state index in [0.29, 0.717) is 11.3 Å². The SMILES string of the molecule is Cc1nc(-c2ccsc2)ccc1C(=O)NC(C)C(C)CO. The summed E-state index contributed by atoms with van der Waals surface area (Å²) in [6.45, 7) is 5.68. The van der Waals surface area contributed by atoms with Gasteiger partial charge < -0.3 is 10.4 Å². The molecular formula is C16H20N2O2S. The fourth-order valence-corrected chi connectivity index (χ4v) is 2.61. The summed E-state index contributed by atoms with van der Waals surface area (Å²) in [4.78, 5) is 16.8. The van der Waals surface area contributed by atoms with Gasteiger partial charge >= 0.3 is 0 Å². The van der Waals surface area contributed by atoms with Crippen LogP contribution in [0.1, 0.15) is 29.9 Å². The molecular weight excluding hydrogens is 284 g/mol. The number of aliphatic hydroxyl groups is 1. The van der Waals surface area contributed by atoms with Crippen LogP contribution in [0, 0.1) is 12.8 Å². The van der Waals surface area contributed by atoms with E-state index in [1.807, 2.05) is 43.7 Å². The van der Waals surface area contributed by atoms with E-state index in [1.54, 1.807) is 17.4 Å². The van der Waals surface area contributed by atoms with Gasteiger partial charge in [0, 0.05) is 23.6 Å². The van der Waals surface area contributed by atoms with E-state index < -0.39 is 0 Å². The molecule has 112 valence electrons. The highest BCUT2D eigenvalue weighted by Gasteiger charge is 2.17. The molecule has 2 N–H and O–H groups in total. The van der Waals surface area contributed by atoms with Gasteiger partial charge in [0.15, 0.2) is 0 Å². The van der Waals surface area contributed by atoms with E-state index in [0.717, 1.165) is 11.3 Å². The lowest BCUT2D eigenvalue weighted by Gasteiger charge is -2.19. The van der Waals surface area contributed by atoms with Crippen molar-refractivity contribution in [3.63, 3.8) is 0 Å². The zero-order chi connectivity index (χ0) is 15.4. The second kappa shape index (κ2) is 6.83. The molecule has 2 rings (SSSR count). The topological polar surface area (TPSA) is 62.2 Å². The van der Waals surface area contributed by atoms with E-state index in [9.17, 15) is 4.79 Å². The fourth-order valence-electron chi connectivity index (χ4n) is 1.96. The number of hydrogen-bond acceptors (Lipinski definition) is 4. The van der Waals surface area contributed by atoms with Crippen LogP contribution in [0.3, 0.4) is 0 Å². The number of aryl methyl sites for hydroxylation is 1. The summed E-state index contributed by atoms with van der Waals surface area (Å²) in [5, 5.41) is 16.1. The van der Waals surface area contributed by atoms with Gasteiger partial charge in [0.1, 0.15) is 0 Å². The number of amides is 1. The van der Waals surface area contributed by atoms with Crippen molar-refractivity contribution < 1.29 is 9.90 Å². The molecule has 21 heavy (non-hydrogen) atoms. The van der Waals surface area contributed by atoms with Crippen molar-refractivity contribution in [2.24, 2.45) is 5.92 Å². The van der Waals surface area contributed by atoms with Gasteiger partial charge in [0.2, 0.25) is 0 Å². The molecule has 2 aromatic rings. The maximum Gasteiger partial charge on any atom is 0.253 e. The van der Waals surface area contributed by atoms with Crippen LogP contribution in [-0.4, -0.2) is 28.6 Å². The van der Waals surface area contributed by atoms with Crippen LogP contribution >= 0.6 is 11.3 Å². The van der Waals surface area contributed by atoms with E-state index >= 15 is 0 Å². The summed E-state index contributed by atoms with van der Waals surface area (Å²) < 4.78 is 0. The second-order valence-electron chi connectivity index (χ2n) is 5.26. The van der Waals surface area contributed by atoms with Crippen LogP contribution < -0.4 is 5.32 Å². The Morgan fingerprint density at radius 1 is 1.38 bits per heavy atom. The lowest BCUT2D eigenvalue weighted by Crippen LogP contribution is -2.38. The lowest BCUT2D eigenvalue weighted by molar-refractivity contribution is 0.0915. The maximum atomic E-state index is 12.3. The molecule has 0 aliphatic carbocycles. The number of hydrogen-bond donors (Lipinski definition) is 2. The van der Waals surface area contributed by atoms with Gasteiger partial charge in [-0.3, -0.25) is 9.78 Å². The number of pyridine rings is 1. The van der Waals surface area contributed by atoms with Crippen LogP contribution in [0.25, 0.3) is 11.3 Å². The van der Waals surface area contributed by atoms with Crippen molar-refractivity contribution in [2.75, 3.05) is 6.61 Å². The highest BCUT2D eigenvalue weighted by molar-refractivity contribution is 7.08. The lowest BCUT2D eigenvalue weighted by atomic mass is 10.0. The molecule has 4 nitrogen and oxygen atoms in total. The number of carbonyl (C=O) groups is 1. The molecule has 2 unspecified atom stereocenters. The molecule has 0 aliphatic rings. The number of aliphatic hydroxyl groups excluding tert-OH is 1. The molecule has 5 heteroatoms. The van der Waals surface area contributed by atoms with Crippen LogP contribution in [-0.2, 0) is 0 Å². The summed E-state index contributed by atoms with van der Waals surface area (Å²) in [6.07, 6.45) is 0. The fraction of sp³-hybridized carbons (Fsp3) is 0.375. The summed E-state index contributed by atoms with van der Waals surface area (Å²) in [7, 11) is 0. The molecule has 0 saturated heterocycles. The molecule has 0 fully saturated rings. The molecule has 0 bridgehead atoms.